The fourth-order valence-corrected chi connectivity index (χ4v) is 4.52. The molecule has 0 bridgehead atoms. The van der Waals surface area contributed by atoms with Crippen LogP contribution in [-0.4, -0.2) is 51.2 Å². The quantitative estimate of drug-likeness (QED) is 0.749. The van der Waals surface area contributed by atoms with E-state index in [0.29, 0.717) is 50.4 Å². The van der Waals surface area contributed by atoms with Gasteiger partial charge in [0.25, 0.3) is 10.0 Å². The van der Waals surface area contributed by atoms with Gasteiger partial charge in [0.2, 0.25) is 5.91 Å². The average molecular weight is 364 g/mol. The Morgan fingerprint density at radius 2 is 1.96 bits per heavy atom. The maximum Gasteiger partial charge on any atom is 0.285 e. The number of amidine groups is 1. The van der Waals surface area contributed by atoms with Gasteiger partial charge in [0.15, 0.2) is 5.84 Å². The first-order valence-electron chi connectivity index (χ1n) is 8.70. The molecular formula is C17H24N4O3S. The Kier molecular flexibility index (Phi) is 5.39. The molecule has 0 aromatic heterocycles. The number of hydrogen-bond donors (Lipinski definition) is 2. The lowest BCUT2D eigenvalue weighted by Gasteiger charge is -2.32. The highest BCUT2D eigenvalue weighted by molar-refractivity contribution is 7.90. The second-order valence-corrected chi connectivity index (χ2v) is 8.01. The molecular weight excluding hydrogens is 340 g/mol. The van der Waals surface area contributed by atoms with Gasteiger partial charge >= 0.3 is 0 Å². The Morgan fingerprint density at radius 3 is 2.68 bits per heavy atom. The molecule has 0 spiro atoms. The number of sulfonamides is 1. The molecule has 136 valence electrons. The summed E-state index contributed by atoms with van der Waals surface area (Å²) in [6.45, 7) is 2.56. The SMILES string of the molecule is NCCCCNC(=O)C1CCN(C2=NS(=O)(=O)c3ccccc32)CC1. The number of piperidine rings is 1. The number of benzene rings is 1. The molecule has 25 heavy (non-hydrogen) atoms. The van der Waals surface area contributed by atoms with Gasteiger partial charge < -0.3 is 16.0 Å². The van der Waals surface area contributed by atoms with Gasteiger partial charge in [0, 0.05) is 31.1 Å². The van der Waals surface area contributed by atoms with E-state index >= 15 is 0 Å². The lowest BCUT2D eigenvalue weighted by molar-refractivity contribution is -0.126. The molecule has 1 aromatic rings. The minimum Gasteiger partial charge on any atom is -0.356 e. The number of nitrogens with two attached hydrogens (primary N) is 1. The molecule has 7 nitrogen and oxygen atoms in total. The standard InChI is InChI=1S/C17H24N4O3S/c18-9-3-4-10-19-17(22)13-7-11-21(12-8-13)16-14-5-1-2-6-15(14)25(23,24)20-16/h1-2,5-6,13H,3-4,7-12,18H2,(H,19,22). The van der Waals surface area contributed by atoms with Crippen LogP contribution >= 0.6 is 0 Å². The molecule has 2 aliphatic rings. The van der Waals surface area contributed by atoms with Gasteiger partial charge in [-0.2, -0.15) is 8.42 Å². The zero-order valence-electron chi connectivity index (χ0n) is 14.1. The molecule has 0 unspecified atom stereocenters. The summed E-state index contributed by atoms with van der Waals surface area (Å²) < 4.78 is 28.3. The average Bonchev–Trinajstić information content (AvgIpc) is 2.90. The number of nitrogens with zero attached hydrogens (tertiary/aromatic N) is 2. The van der Waals surface area contributed by atoms with Gasteiger partial charge in [0.05, 0.1) is 0 Å². The molecule has 3 rings (SSSR count). The summed E-state index contributed by atoms with van der Waals surface area (Å²) in [5.41, 5.74) is 6.10. The third-order valence-electron chi connectivity index (χ3n) is 4.71. The molecule has 2 heterocycles. The Labute approximate surface area is 148 Å². The van der Waals surface area contributed by atoms with Crippen molar-refractivity contribution < 1.29 is 13.2 Å². The largest absolute Gasteiger partial charge is 0.356 e. The van der Waals surface area contributed by atoms with Crippen molar-refractivity contribution in [2.24, 2.45) is 16.0 Å². The van der Waals surface area contributed by atoms with Crippen LogP contribution in [0.2, 0.25) is 0 Å². The third-order valence-corrected chi connectivity index (χ3v) is 6.03. The third kappa shape index (κ3) is 3.85. The Morgan fingerprint density at radius 1 is 1.24 bits per heavy atom. The molecule has 1 amide bonds. The van der Waals surface area contributed by atoms with Gasteiger partial charge in [-0.15, -0.1) is 4.40 Å². The van der Waals surface area contributed by atoms with Crippen LogP contribution in [0.15, 0.2) is 33.6 Å². The zero-order chi connectivity index (χ0) is 17.9. The van der Waals surface area contributed by atoms with Crippen LogP contribution in [0.3, 0.4) is 0 Å². The topological polar surface area (TPSA) is 105 Å². The molecule has 8 heteroatoms. The van der Waals surface area contributed by atoms with Crippen LogP contribution in [0, 0.1) is 5.92 Å². The summed E-state index contributed by atoms with van der Waals surface area (Å²) in [5, 5.41) is 2.96. The molecule has 1 saturated heterocycles. The fourth-order valence-electron chi connectivity index (χ4n) is 3.30. The van der Waals surface area contributed by atoms with E-state index in [1.807, 2.05) is 11.0 Å². The summed E-state index contributed by atoms with van der Waals surface area (Å²) in [5.74, 6) is 0.568. The van der Waals surface area contributed by atoms with Crippen molar-refractivity contribution in [3.8, 4) is 0 Å². The normalized spacial score (nSPS) is 19.4. The highest BCUT2D eigenvalue weighted by atomic mass is 32.2. The van der Waals surface area contributed by atoms with Gasteiger partial charge in [-0.05, 0) is 44.4 Å². The Bertz CT molecular complexity index is 768. The zero-order valence-corrected chi connectivity index (χ0v) is 15.0. The van der Waals surface area contributed by atoms with E-state index in [4.69, 9.17) is 5.73 Å². The van der Waals surface area contributed by atoms with Crippen molar-refractivity contribution in [1.82, 2.24) is 10.2 Å². The smallest absolute Gasteiger partial charge is 0.285 e. The highest BCUT2D eigenvalue weighted by Gasteiger charge is 2.34. The minimum atomic E-state index is -3.59. The van der Waals surface area contributed by atoms with Crippen LogP contribution in [0.4, 0.5) is 0 Å². The number of amides is 1. The molecule has 0 atom stereocenters. The van der Waals surface area contributed by atoms with E-state index < -0.39 is 10.0 Å². The number of carbonyl (C=O) groups is 1. The molecule has 1 fully saturated rings. The Hall–Kier alpha value is -1.93. The van der Waals surface area contributed by atoms with E-state index in [2.05, 4.69) is 9.71 Å². The van der Waals surface area contributed by atoms with Gasteiger partial charge in [-0.1, -0.05) is 12.1 Å². The predicted octanol–water partition coefficient (Wildman–Crippen LogP) is 0.703. The lowest BCUT2D eigenvalue weighted by atomic mass is 9.95. The fraction of sp³-hybridized carbons (Fsp3) is 0.529. The second-order valence-electron chi connectivity index (χ2n) is 6.43. The number of carbonyl (C=O) groups excluding carboxylic acids is 1. The van der Waals surface area contributed by atoms with Crippen LogP contribution in [0.25, 0.3) is 0 Å². The van der Waals surface area contributed by atoms with Crippen LogP contribution in [-0.2, 0) is 14.8 Å². The maximum absolute atomic E-state index is 12.2. The van der Waals surface area contributed by atoms with E-state index in [1.165, 1.54) is 0 Å². The van der Waals surface area contributed by atoms with Crippen molar-refractivity contribution in [1.29, 1.82) is 0 Å². The number of nitrogens with one attached hydrogen (secondary N) is 1. The predicted molar refractivity (Wildman–Crippen MR) is 95.8 cm³/mol. The first kappa shape index (κ1) is 17.9. The highest BCUT2D eigenvalue weighted by Crippen LogP contribution is 2.29. The number of unbranched alkanes of at least 4 members (excludes halogenated alkanes) is 1. The summed E-state index contributed by atoms with van der Waals surface area (Å²) in [6, 6.07) is 6.89. The first-order chi connectivity index (χ1) is 12.0. The maximum atomic E-state index is 12.2. The molecule has 0 saturated carbocycles. The number of rotatable bonds is 5. The van der Waals surface area contributed by atoms with Crippen LogP contribution < -0.4 is 11.1 Å². The monoisotopic (exact) mass is 364 g/mol. The minimum absolute atomic E-state index is 0.0250. The van der Waals surface area contributed by atoms with Crippen molar-refractivity contribution in [3.05, 3.63) is 29.8 Å². The molecule has 3 N–H and O–H groups in total. The molecule has 0 aliphatic carbocycles. The number of hydrogen-bond acceptors (Lipinski definition) is 5. The van der Waals surface area contributed by atoms with E-state index in [1.54, 1.807) is 18.2 Å². The van der Waals surface area contributed by atoms with E-state index in [9.17, 15) is 13.2 Å². The number of likely N-dealkylation sites (tertiary alicyclic amines) is 1. The molecule has 0 radical (unpaired) electrons. The lowest BCUT2D eigenvalue weighted by Crippen LogP contribution is -2.43. The summed E-state index contributed by atoms with van der Waals surface area (Å²) >= 11 is 0. The summed E-state index contributed by atoms with van der Waals surface area (Å²) in [7, 11) is -3.59. The summed E-state index contributed by atoms with van der Waals surface area (Å²) in [4.78, 5) is 14.4. The van der Waals surface area contributed by atoms with Gasteiger partial charge in [0.1, 0.15) is 4.90 Å². The van der Waals surface area contributed by atoms with Crippen LogP contribution in [0.1, 0.15) is 31.2 Å². The summed E-state index contributed by atoms with van der Waals surface area (Å²) in [6.07, 6.45) is 3.20. The van der Waals surface area contributed by atoms with E-state index in [-0.39, 0.29) is 16.7 Å². The number of fused-ring (bicyclic) bond motifs is 1. The van der Waals surface area contributed by atoms with Crippen molar-refractivity contribution in [2.45, 2.75) is 30.6 Å². The first-order valence-corrected chi connectivity index (χ1v) is 10.1. The van der Waals surface area contributed by atoms with Gasteiger partial charge in [-0.25, -0.2) is 0 Å². The molecule has 1 aromatic carbocycles. The van der Waals surface area contributed by atoms with Gasteiger partial charge in [-0.3, -0.25) is 4.79 Å². The van der Waals surface area contributed by atoms with E-state index in [0.717, 1.165) is 12.8 Å². The van der Waals surface area contributed by atoms with Crippen molar-refractivity contribution in [2.75, 3.05) is 26.2 Å². The molecule has 2 aliphatic heterocycles. The van der Waals surface area contributed by atoms with Crippen molar-refractivity contribution >= 4 is 21.8 Å². The van der Waals surface area contributed by atoms with Crippen LogP contribution in [0.5, 0.6) is 0 Å². The Balaban J connectivity index is 1.59. The van der Waals surface area contributed by atoms with Crippen molar-refractivity contribution in [3.63, 3.8) is 0 Å². The second kappa shape index (κ2) is 7.53.